The Kier molecular flexibility index (Phi) is 4.91. The normalized spacial score (nSPS) is 13.1. The Morgan fingerprint density at radius 3 is 1.38 bits per heavy atom. The number of hydrogen-bond donors (Lipinski definition) is 2. The highest BCUT2D eigenvalue weighted by molar-refractivity contribution is 5.75. The maximum Gasteiger partial charge on any atom is 0.231 e. The molecule has 0 saturated carbocycles. The Bertz CT molecular complexity index is 1290. The van der Waals surface area contributed by atoms with Crippen molar-refractivity contribution in [2.45, 2.75) is 13.8 Å². The minimum atomic E-state index is 0.275. The van der Waals surface area contributed by atoms with E-state index in [4.69, 9.17) is 18.9 Å². The van der Waals surface area contributed by atoms with E-state index in [2.05, 4.69) is 60.9 Å². The zero-order valence-corrected chi connectivity index (χ0v) is 19.0. The van der Waals surface area contributed by atoms with Crippen LogP contribution < -0.4 is 29.6 Å². The van der Waals surface area contributed by atoms with Crippen molar-refractivity contribution in [3.05, 3.63) is 83.9 Å². The van der Waals surface area contributed by atoms with Crippen LogP contribution in [0.3, 0.4) is 0 Å². The minimum absolute atomic E-state index is 0.275. The van der Waals surface area contributed by atoms with E-state index < -0.39 is 0 Å². The molecular formula is C28H24N2O4. The molecule has 0 radical (unpaired) electrons. The highest BCUT2D eigenvalue weighted by atomic mass is 16.7. The first kappa shape index (κ1) is 20.3. The molecule has 6 rings (SSSR count). The monoisotopic (exact) mass is 452 g/mol. The molecule has 0 aliphatic carbocycles. The molecule has 0 atom stereocenters. The molecular weight excluding hydrogens is 428 g/mol. The van der Waals surface area contributed by atoms with Crippen LogP contribution in [0.25, 0.3) is 11.1 Å². The number of rotatable bonds is 5. The van der Waals surface area contributed by atoms with Gasteiger partial charge in [0, 0.05) is 34.9 Å². The average molecular weight is 453 g/mol. The Balaban J connectivity index is 1.20. The lowest BCUT2D eigenvalue weighted by Gasteiger charge is -2.14. The van der Waals surface area contributed by atoms with Gasteiger partial charge in [0.1, 0.15) is 0 Å². The zero-order chi connectivity index (χ0) is 23.1. The molecule has 2 aliphatic rings. The molecule has 0 amide bonds. The summed E-state index contributed by atoms with van der Waals surface area (Å²) in [7, 11) is 0. The van der Waals surface area contributed by atoms with Gasteiger partial charge in [0.05, 0.1) is 0 Å². The van der Waals surface area contributed by atoms with Gasteiger partial charge in [0.2, 0.25) is 13.6 Å². The molecule has 2 aliphatic heterocycles. The number of aryl methyl sites for hydroxylation is 2. The highest BCUT2D eigenvalue weighted by Gasteiger charge is 2.15. The first-order valence-electron chi connectivity index (χ1n) is 11.2. The molecule has 0 saturated heterocycles. The summed E-state index contributed by atoms with van der Waals surface area (Å²) in [5, 5.41) is 6.96. The fraction of sp³-hybridized carbons (Fsp3) is 0.143. The first-order valence-corrected chi connectivity index (χ1v) is 11.2. The van der Waals surface area contributed by atoms with Gasteiger partial charge >= 0.3 is 0 Å². The number of fused-ring (bicyclic) bond motifs is 2. The molecule has 6 nitrogen and oxygen atoms in total. The molecule has 4 aromatic carbocycles. The second kappa shape index (κ2) is 8.23. The Labute approximate surface area is 198 Å². The largest absolute Gasteiger partial charge is 0.454 e. The number of ether oxygens (including phenoxy) is 4. The van der Waals surface area contributed by atoms with Crippen molar-refractivity contribution in [2.75, 3.05) is 24.2 Å². The maximum absolute atomic E-state index is 5.48. The van der Waals surface area contributed by atoms with Gasteiger partial charge in [-0.2, -0.15) is 0 Å². The smallest absolute Gasteiger partial charge is 0.231 e. The van der Waals surface area contributed by atoms with Crippen LogP contribution in [0.5, 0.6) is 23.0 Å². The lowest BCUT2D eigenvalue weighted by molar-refractivity contribution is 0.173. The van der Waals surface area contributed by atoms with Crippen LogP contribution in [0, 0.1) is 13.8 Å². The molecule has 6 heteroatoms. The molecule has 0 bridgehead atoms. The van der Waals surface area contributed by atoms with Crippen molar-refractivity contribution in [3.8, 4) is 34.1 Å². The first-order chi connectivity index (χ1) is 16.6. The van der Waals surface area contributed by atoms with Crippen molar-refractivity contribution in [1.82, 2.24) is 0 Å². The maximum atomic E-state index is 5.48. The summed E-state index contributed by atoms with van der Waals surface area (Å²) in [5.41, 5.74) is 8.72. The number of nitrogens with one attached hydrogen (secondary N) is 2. The van der Waals surface area contributed by atoms with Crippen LogP contribution >= 0.6 is 0 Å². The molecule has 0 aromatic heterocycles. The number of anilines is 4. The van der Waals surface area contributed by atoms with E-state index in [1.165, 1.54) is 11.1 Å². The fourth-order valence-electron chi connectivity index (χ4n) is 4.23. The predicted molar refractivity (Wildman–Crippen MR) is 133 cm³/mol. The SMILES string of the molecule is Cc1cc(-c2ccc(Nc3ccc4c(c3)OCO4)c(C)c2)ccc1Nc1ccc2c(c1)OCO2. The summed E-state index contributed by atoms with van der Waals surface area (Å²) < 4.78 is 21.8. The van der Waals surface area contributed by atoms with Crippen molar-refractivity contribution in [1.29, 1.82) is 0 Å². The van der Waals surface area contributed by atoms with Crippen molar-refractivity contribution >= 4 is 22.7 Å². The van der Waals surface area contributed by atoms with Crippen LogP contribution in [0.2, 0.25) is 0 Å². The molecule has 0 spiro atoms. The second-order valence-electron chi connectivity index (χ2n) is 8.45. The predicted octanol–water partition coefficient (Wildman–Crippen LogP) is 6.92. The molecule has 2 heterocycles. The molecule has 2 N–H and O–H groups in total. The van der Waals surface area contributed by atoms with E-state index >= 15 is 0 Å². The summed E-state index contributed by atoms with van der Waals surface area (Å²) in [6, 6.07) is 24.7. The third-order valence-corrected chi connectivity index (χ3v) is 6.09. The van der Waals surface area contributed by atoms with Gasteiger partial charge in [0.15, 0.2) is 23.0 Å². The van der Waals surface area contributed by atoms with Crippen LogP contribution in [-0.4, -0.2) is 13.6 Å². The van der Waals surface area contributed by atoms with Gasteiger partial charge in [-0.1, -0.05) is 12.1 Å². The van der Waals surface area contributed by atoms with E-state index in [9.17, 15) is 0 Å². The van der Waals surface area contributed by atoms with E-state index in [0.717, 1.165) is 56.9 Å². The Morgan fingerprint density at radius 2 is 0.941 bits per heavy atom. The summed E-state index contributed by atoms with van der Waals surface area (Å²) in [4.78, 5) is 0. The van der Waals surface area contributed by atoms with Gasteiger partial charge in [-0.25, -0.2) is 0 Å². The van der Waals surface area contributed by atoms with E-state index in [-0.39, 0.29) is 13.6 Å². The van der Waals surface area contributed by atoms with Gasteiger partial charge in [-0.3, -0.25) is 0 Å². The van der Waals surface area contributed by atoms with E-state index in [1.807, 2.05) is 36.4 Å². The highest BCUT2D eigenvalue weighted by Crippen LogP contribution is 2.37. The van der Waals surface area contributed by atoms with Crippen molar-refractivity contribution in [2.24, 2.45) is 0 Å². The number of benzene rings is 4. The molecule has 4 aromatic rings. The summed E-state index contributed by atoms with van der Waals surface area (Å²) in [5.74, 6) is 3.10. The molecule has 0 fully saturated rings. The third-order valence-electron chi connectivity index (χ3n) is 6.09. The Morgan fingerprint density at radius 1 is 0.500 bits per heavy atom. The minimum Gasteiger partial charge on any atom is -0.454 e. The summed E-state index contributed by atoms with van der Waals surface area (Å²) >= 11 is 0. The zero-order valence-electron chi connectivity index (χ0n) is 19.0. The van der Waals surface area contributed by atoms with E-state index in [0.29, 0.717) is 0 Å². The third kappa shape index (κ3) is 3.83. The van der Waals surface area contributed by atoms with Gasteiger partial charge in [0.25, 0.3) is 0 Å². The van der Waals surface area contributed by atoms with Gasteiger partial charge in [-0.05, 0) is 84.6 Å². The molecule has 0 unspecified atom stereocenters. The lowest BCUT2D eigenvalue weighted by Crippen LogP contribution is -1.95. The average Bonchev–Trinajstić information content (AvgIpc) is 3.50. The van der Waals surface area contributed by atoms with Crippen molar-refractivity contribution < 1.29 is 18.9 Å². The molecule has 34 heavy (non-hydrogen) atoms. The number of hydrogen-bond acceptors (Lipinski definition) is 6. The standard InChI is InChI=1S/C28H24N2O4/c1-17-11-19(3-7-23(17)29-21-5-9-25-27(13-21)33-15-31-25)20-4-8-24(18(2)12-20)30-22-6-10-26-28(14-22)34-16-32-26/h3-14,29-30H,15-16H2,1-2H3. The summed E-state index contributed by atoms with van der Waals surface area (Å²) in [6.07, 6.45) is 0. The van der Waals surface area contributed by atoms with Crippen LogP contribution in [-0.2, 0) is 0 Å². The van der Waals surface area contributed by atoms with Crippen LogP contribution in [0.1, 0.15) is 11.1 Å². The molecule has 170 valence electrons. The van der Waals surface area contributed by atoms with Crippen LogP contribution in [0.15, 0.2) is 72.8 Å². The van der Waals surface area contributed by atoms with Gasteiger partial charge in [-0.15, -0.1) is 0 Å². The topological polar surface area (TPSA) is 61.0 Å². The lowest BCUT2D eigenvalue weighted by atomic mass is 9.99. The van der Waals surface area contributed by atoms with Gasteiger partial charge < -0.3 is 29.6 Å². The fourth-order valence-corrected chi connectivity index (χ4v) is 4.23. The Hall–Kier alpha value is -4.32. The van der Waals surface area contributed by atoms with Crippen molar-refractivity contribution in [3.63, 3.8) is 0 Å². The van der Waals surface area contributed by atoms with Crippen LogP contribution in [0.4, 0.5) is 22.7 Å². The second-order valence-corrected chi connectivity index (χ2v) is 8.45. The van der Waals surface area contributed by atoms with E-state index in [1.54, 1.807) is 0 Å². The summed E-state index contributed by atoms with van der Waals surface area (Å²) in [6.45, 7) is 4.77. The quantitative estimate of drug-likeness (QED) is 0.343.